The molecule has 0 bridgehead atoms. The van der Waals surface area contributed by atoms with Crippen LogP contribution in [0.3, 0.4) is 0 Å². The predicted octanol–water partition coefficient (Wildman–Crippen LogP) is 3.17. The molecule has 0 aliphatic carbocycles. The number of esters is 3. The molecule has 0 saturated heterocycles. The lowest BCUT2D eigenvalue weighted by Crippen LogP contribution is -2.41. The quantitative estimate of drug-likeness (QED) is 0.345. The van der Waals surface area contributed by atoms with Gasteiger partial charge in [-0.25, -0.2) is 4.79 Å². The number of ether oxygens (including phenoxy) is 4. The molecule has 2 atom stereocenters. The maximum absolute atomic E-state index is 12.5. The summed E-state index contributed by atoms with van der Waals surface area (Å²) in [6.07, 6.45) is -2.15. The van der Waals surface area contributed by atoms with Crippen LogP contribution in [0.4, 0.5) is 0 Å². The fraction of sp³-hybridized carbons (Fsp3) is 0.750. The largest absolute Gasteiger partial charge is 0.537 e. The molecule has 0 saturated carbocycles. The van der Waals surface area contributed by atoms with Gasteiger partial charge in [0.05, 0.1) is 17.9 Å². The number of hydrogen-bond acceptors (Lipinski definition) is 8. The lowest BCUT2D eigenvalue weighted by molar-refractivity contribution is -0.179. The van der Waals surface area contributed by atoms with E-state index in [0.29, 0.717) is 0 Å². The second kappa shape index (κ2) is 8.77. The van der Waals surface area contributed by atoms with Crippen molar-refractivity contribution >= 4 is 26.2 Å². The zero-order valence-electron chi connectivity index (χ0n) is 19.1. The average Bonchev–Trinajstić information content (AvgIpc) is 2.83. The fourth-order valence-electron chi connectivity index (χ4n) is 2.18. The molecule has 0 spiro atoms. The first-order valence-corrected chi connectivity index (χ1v) is 12.9. The molecule has 1 aliphatic heterocycles. The molecule has 0 amide bonds. The van der Waals surface area contributed by atoms with Gasteiger partial charge in [-0.05, 0) is 61.2 Å². The van der Waals surface area contributed by atoms with Crippen molar-refractivity contribution in [3.05, 3.63) is 11.5 Å². The first kappa shape index (κ1) is 25.0. The van der Waals surface area contributed by atoms with Crippen molar-refractivity contribution in [2.75, 3.05) is 13.7 Å². The summed E-state index contributed by atoms with van der Waals surface area (Å²) in [4.78, 5) is 37.1. The second-order valence-corrected chi connectivity index (χ2v) is 14.4. The molecule has 0 aromatic rings. The first-order chi connectivity index (χ1) is 13.0. The SMILES string of the molecule is COC1=C(O[Si](C)(C)C)C(=O)OC1C(COC(=O)C(C)(C)C)OC(=O)C(C)(C)C. The van der Waals surface area contributed by atoms with Crippen LogP contribution in [-0.4, -0.2) is 52.1 Å². The Balaban J connectivity index is 3.21. The Kier molecular flexibility index (Phi) is 7.56. The van der Waals surface area contributed by atoms with E-state index in [-0.39, 0.29) is 18.1 Å². The van der Waals surface area contributed by atoms with Crippen LogP contribution in [0.2, 0.25) is 19.6 Å². The van der Waals surface area contributed by atoms with E-state index in [0.717, 1.165) is 0 Å². The molecular formula is C20H34O8Si. The monoisotopic (exact) mass is 430 g/mol. The van der Waals surface area contributed by atoms with Crippen LogP contribution in [0.15, 0.2) is 11.5 Å². The minimum Gasteiger partial charge on any atom is -0.537 e. The summed E-state index contributed by atoms with van der Waals surface area (Å²) in [7, 11) is -0.765. The fourth-order valence-corrected chi connectivity index (χ4v) is 2.97. The van der Waals surface area contributed by atoms with Crippen LogP contribution in [-0.2, 0) is 37.8 Å². The summed E-state index contributed by atoms with van der Waals surface area (Å²) >= 11 is 0. The van der Waals surface area contributed by atoms with Gasteiger partial charge in [0, 0.05) is 0 Å². The van der Waals surface area contributed by atoms with Gasteiger partial charge < -0.3 is 23.4 Å². The van der Waals surface area contributed by atoms with Crippen molar-refractivity contribution < 1.29 is 37.8 Å². The number of methoxy groups -OCH3 is 1. The van der Waals surface area contributed by atoms with Gasteiger partial charge in [-0.3, -0.25) is 9.59 Å². The van der Waals surface area contributed by atoms with Crippen LogP contribution in [0, 0.1) is 10.8 Å². The third-order valence-corrected chi connectivity index (χ3v) is 4.55. The zero-order valence-corrected chi connectivity index (χ0v) is 20.1. The van der Waals surface area contributed by atoms with Crippen molar-refractivity contribution in [3.63, 3.8) is 0 Å². The highest BCUT2D eigenvalue weighted by molar-refractivity contribution is 6.70. The van der Waals surface area contributed by atoms with Crippen LogP contribution >= 0.6 is 0 Å². The molecule has 8 nitrogen and oxygen atoms in total. The van der Waals surface area contributed by atoms with Crippen molar-refractivity contribution in [2.24, 2.45) is 10.8 Å². The number of cyclic esters (lactones) is 1. The van der Waals surface area contributed by atoms with Crippen molar-refractivity contribution in [1.82, 2.24) is 0 Å². The van der Waals surface area contributed by atoms with Crippen LogP contribution in [0.1, 0.15) is 41.5 Å². The van der Waals surface area contributed by atoms with Crippen molar-refractivity contribution in [1.29, 1.82) is 0 Å². The van der Waals surface area contributed by atoms with Crippen LogP contribution in [0.5, 0.6) is 0 Å². The van der Waals surface area contributed by atoms with Gasteiger partial charge in [-0.1, -0.05) is 0 Å². The number of carbonyl (C=O) groups excluding carboxylic acids is 3. The number of hydrogen-bond donors (Lipinski definition) is 0. The Labute approximate surface area is 174 Å². The number of carbonyl (C=O) groups is 3. The minimum absolute atomic E-state index is 0.0318. The Bertz CT molecular complexity index is 676. The molecule has 0 radical (unpaired) electrons. The Morgan fingerprint density at radius 3 is 1.97 bits per heavy atom. The van der Waals surface area contributed by atoms with E-state index in [4.69, 9.17) is 23.4 Å². The molecule has 1 aliphatic rings. The third-order valence-electron chi connectivity index (χ3n) is 3.73. The van der Waals surface area contributed by atoms with Gasteiger partial charge in [-0.15, -0.1) is 0 Å². The standard InChI is InChI=1S/C20H34O8Si/c1-19(2,3)17(22)25-11-12(26-18(23)20(4,5)6)13-14(24-7)15(16(21)27-13)28-29(8,9)10/h12-13H,11H2,1-10H3. The van der Waals surface area contributed by atoms with E-state index in [9.17, 15) is 14.4 Å². The second-order valence-electron chi connectivity index (χ2n) is 9.98. The van der Waals surface area contributed by atoms with Gasteiger partial charge in [0.1, 0.15) is 6.61 Å². The van der Waals surface area contributed by atoms with Gasteiger partial charge in [0.25, 0.3) is 0 Å². The van der Waals surface area contributed by atoms with E-state index in [1.54, 1.807) is 41.5 Å². The lowest BCUT2D eigenvalue weighted by atomic mass is 9.97. The average molecular weight is 431 g/mol. The van der Waals surface area contributed by atoms with Crippen LogP contribution in [0.25, 0.3) is 0 Å². The first-order valence-electron chi connectivity index (χ1n) is 9.54. The summed E-state index contributed by atoms with van der Waals surface area (Å²) in [5, 5.41) is 0. The van der Waals surface area contributed by atoms with Gasteiger partial charge in [0.15, 0.2) is 11.9 Å². The van der Waals surface area contributed by atoms with E-state index in [1.807, 2.05) is 19.6 Å². The summed E-state index contributed by atoms with van der Waals surface area (Å²) in [6.45, 7) is 15.7. The number of rotatable bonds is 7. The van der Waals surface area contributed by atoms with E-state index in [1.165, 1.54) is 7.11 Å². The summed E-state index contributed by atoms with van der Waals surface area (Å²) in [6, 6.07) is 0. The van der Waals surface area contributed by atoms with E-state index < -0.39 is 49.3 Å². The molecule has 166 valence electrons. The maximum atomic E-state index is 12.5. The van der Waals surface area contributed by atoms with Gasteiger partial charge >= 0.3 is 17.9 Å². The Hall–Kier alpha value is -2.03. The van der Waals surface area contributed by atoms with Gasteiger partial charge in [-0.2, -0.15) is 0 Å². The highest BCUT2D eigenvalue weighted by Gasteiger charge is 2.46. The zero-order chi connectivity index (χ0) is 22.8. The molecule has 29 heavy (non-hydrogen) atoms. The summed E-state index contributed by atoms with van der Waals surface area (Å²) < 4.78 is 27.5. The Morgan fingerprint density at radius 1 is 1.03 bits per heavy atom. The molecule has 0 fully saturated rings. The van der Waals surface area contributed by atoms with Crippen molar-refractivity contribution in [2.45, 2.75) is 73.4 Å². The lowest BCUT2D eigenvalue weighted by Gasteiger charge is -2.28. The van der Waals surface area contributed by atoms with Gasteiger partial charge in [0.2, 0.25) is 20.2 Å². The highest BCUT2D eigenvalue weighted by Crippen LogP contribution is 2.31. The highest BCUT2D eigenvalue weighted by atomic mass is 28.4. The molecule has 2 unspecified atom stereocenters. The topological polar surface area (TPSA) is 97.4 Å². The molecule has 0 N–H and O–H groups in total. The third kappa shape index (κ3) is 7.06. The molecule has 0 aromatic carbocycles. The smallest absolute Gasteiger partial charge is 0.376 e. The molecule has 1 heterocycles. The summed E-state index contributed by atoms with van der Waals surface area (Å²) in [5.74, 6) is -1.61. The van der Waals surface area contributed by atoms with E-state index in [2.05, 4.69) is 0 Å². The minimum atomic E-state index is -2.14. The van der Waals surface area contributed by atoms with E-state index >= 15 is 0 Å². The molecular weight excluding hydrogens is 396 g/mol. The summed E-state index contributed by atoms with van der Waals surface area (Å²) in [5.41, 5.74) is -1.54. The molecule has 1 rings (SSSR count). The maximum Gasteiger partial charge on any atom is 0.376 e. The molecule has 0 aromatic heterocycles. The predicted molar refractivity (Wildman–Crippen MR) is 108 cm³/mol. The Morgan fingerprint density at radius 2 is 1.55 bits per heavy atom. The normalized spacial score (nSPS) is 18.8. The van der Waals surface area contributed by atoms with Crippen LogP contribution < -0.4 is 0 Å². The van der Waals surface area contributed by atoms with Crippen molar-refractivity contribution in [3.8, 4) is 0 Å². The molecule has 9 heteroatoms.